The van der Waals surface area contributed by atoms with Crippen LogP contribution in [0.4, 0.5) is 5.69 Å². The quantitative estimate of drug-likeness (QED) is 0.361. The van der Waals surface area contributed by atoms with E-state index < -0.39 is 17.9 Å². The number of hydrogen-bond donors (Lipinski definition) is 2. The number of ether oxygens (including phenoxy) is 1. The van der Waals surface area contributed by atoms with Crippen LogP contribution in [0.25, 0.3) is 0 Å². The van der Waals surface area contributed by atoms with Gasteiger partial charge < -0.3 is 10.1 Å². The van der Waals surface area contributed by atoms with Crippen molar-refractivity contribution in [3.05, 3.63) is 58.3 Å². The van der Waals surface area contributed by atoms with Crippen LogP contribution in [0.2, 0.25) is 0 Å². The largest absolute Gasteiger partial charge is 0.469 e. The topological polar surface area (TPSA) is 97.4 Å². The lowest BCUT2D eigenvalue weighted by Gasteiger charge is -2.16. The number of halogens is 2. The Morgan fingerprint density at radius 2 is 2.04 bits per heavy atom. The molecule has 27 heavy (non-hydrogen) atoms. The molecular weight excluding hydrogens is 438 g/mol. The van der Waals surface area contributed by atoms with Gasteiger partial charge in [0, 0.05) is 22.7 Å². The van der Waals surface area contributed by atoms with Crippen LogP contribution in [-0.2, 0) is 14.3 Å². The molecule has 142 valence electrons. The third-order valence-corrected chi connectivity index (χ3v) is 4.45. The van der Waals surface area contributed by atoms with Crippen molar-refractivity contribution in [3.63, 3.8) is 0 Å². The van der Waals surface area contributed by atoms with Crippen molar-refractivity contribution in [2.75, 3.05) is 12.4 Å². The molecule has 2 N–H and O–H groups in total. The number of rotatable bonds is 8. The van der Waals surface area contributed by atoms with Crippen molar-refractivity contribution in [3.8, 4) is 0 Å². The fraction of sp³-hybridized carbons (Fsp3) is 0.222. The van der Waals surface area contributed by atoms with E-state index in [1.165, 1.54) is 13.3 Å². The number of esters is 1. The van der Waals surface area contributed by atoms with Crippen molar-refractivity contribution in [1.29, 1.82) is 0 Å². The molecule has 0 saturated heterocycles. The smallest absolute Gasteiger partial charge is 0.305 e. The first-order valence-corrected chi connectivity index (χ1v) is 9.12. The molecule has 2 rings (SSSR count). The molecule has 1 aromatic carbocycles. The zero-order chi connectivity index (χ0) is 19.8. The third-order valence-electron chi connectivity index (χ3n) is 3.69. The number of hydrogen-bond acceptors (Lipinski definition) is 6. The molecule has 0 bridgehead atoms. The second kappa shape index (κ2) is 10.1. The zero-order valence-corrected chi connectivity index (χ0v) is 16.7. The number of ketones is 1. The molecule has 0 aliphatic rings. The molecule has 0 aliphatic carbocycles. The number of nitrogens with zero attached hydrogens (tertiary/aromatic N) is 1. The summed E-state index contributed by atoms with van der Waals surface area (Å²) in [4.78, 5) is 42.9. The molecule has 9 heteroatoms. The van der Waals surface area contributed by atoms with E-state index in [0.717, 1.165) is 0 Å². The van der Waals surface area contributed by atoms with Gasteiger partial charge in [0.1, 0.15) is 11.7 Å². The highest BCUT2D eigenvalue weighted by molar-refractivity contribution is 9.10. The van der Waals surface area contributed by atoms with E-state index in [1.807, 2.05) is 0 Å². The molecule has 7 nitrogen and oxygen atoms in total. The summed E-state index contributed by atoms with van der Waals surface area (Å²) in [5.74, 6) is -1.27. The molecule has 2 aromatic rings. The summed E-state index contributed by atoms with van der Waals surface area (Å²) < 4.78 is 5.24. The number of carbonyl (C=O) groups excluding carboxylic acids is 3. The summed E-state index contributed by atoms with van der Waals surface area (Å²) in [7, 11) is 1.27. The van der Waals surface area contributed by atoms with Gasteiger partial charge in [-0.1, -0.05) is 22.0 Å². The molecular formula is C18H17BrClN3O4. The Labute approximate surface area is 169 Å². The highest BCUT2D eigenvalue weighted by atomic mass is 79.9. The van der Waals surface area contributed by atoms with Crippen molar-refractivity contribution >= 4 is 51.1 Å². The first-order chi connectivity index (χ1) is 13.0. The SMILES string of the molecule is COC(=O)CC[C@H](NCl)C(=O)Nc1ccc(Br)cc1C(=O)c1ccccn1. The van der Waals surface area contributed by atoms with Gasteiger partial charge in [0.25, 0.3) is 0 Å². The number of methoxy groups -OCH3 is 1. The van der Waals surface area contributed by atoms with Gasteiger partial charge in [-0.05, 0) is 48.5 Å². The number of aromatic nitrogens is 1. The monoisotopic (exact) mass is 453 g/mol. The average molecular weight is 455 g/mol. The predicted molar refractivity (Wildman–Crippen MR) is 104 cm³/mol. The molecule has 1 heterocycles. The van der Waals surface area contributed by atoms with E-state index in [-0.39, 0.29) is 29.9 Å². The molecule has 0 unspecified atom stereocenters. The first kappa shape index (κ1) is 21.0. The van der Waals surface area contributed by atoms with Crippen LogP contribution in [0.15, 0.2) is 47.1 Å². The Morgan fingerprint density at radius 1 is 1.26 bits per heavy atom. The summed E-state index contributed by atoms with van der Waals surface area (Å²) in [6.45, 7) is 0. The third kappa shape index (κ3) is 5.85. The highest BCUT2D eigenvalue weighted by Gasteiger charge is 2.22. The van der Waals surface area contributed by atoms with Gasteiger partial charge in [-0.15, -0.1) is 0 Å². The van der Waals surface area contributed by atoms with Gasteiger partial charge in [0.05, 0.1) is 12.8 Å². The minimum absolute atomic E-state index is 0.0222. The van der Waals surface area contributed by atoms with Crippen LogP contribution in [-0.4, -0.2) is 35.8 Å². The van der Waals surface area contributed by atoms with E-state index in [0.29, 0.717) is 10.2 Å². The number of anilines is 1. The molecule has 0 saturated carbocycles. The average Bonchev–Trinajstić information content (AvgIpc) is 2.69. The molecule has 1 amide bonds. The van der Waals surface area contributed by atoms with Crippen LogP contribution in [0.3, 0.4) is 0 Å². The summed E-state index contributed by atoms with van der Waals surface area (Å²) >= 11 is 8.96. The minimum atomic E-state index is -0.841. The molecule has 0 radical (unpaired) electrons. The highest BCUT2D eigenvalue weighted by Crippen LogP contribution is 2.24. The van der Waals surface area contributed by atoms with Crippen molar-refractivity contribution in [1.82, 2.24) is 9.82 Å². The standard InChI is InChI=1S/C18H17BrClN3O4/c1-27-16(24)8-7-15(23-20)18(26)22-13-6-5-11(19)10-12(13)17(25)14-4-2-3-9-21-14/h2-6,9-10,15,23H,7-8H2,1H3,(H,22,26)/t15-/m0/s1. The van der Waals surface area contributed by atoms with E-state index in [4.69, 9.17) is 11.8 Å². The van der Waals surface area contributed by atoms with Crippen LogP contribution >= 0.6 is 27.7 Å². The van der Waals surface area contributed by atoms with Gasteiger partial charge in [0.2, 0.25) is 11.7 Å². The number of carbonyl (C=O) groups is 3. The number of amides is 1. The second-order valence-electron chi connectivity index (χ2n) is 5.50. The number of pyridine rings is 1. The zero-order valence-electron chi connectivity index (χ0n) is 14.4. The number of benzene rings is 1. The Morgan fingerprint density at radius 3 is 2.67 bits per heavy atom. The van der Waals surface area contributed by atoms with Gasteiger partial charge in [-0.3, -0.25) is 19.4 Å². The first-order valence-electron chi connectivity index (χ1n) is 7.95. The maximum Gasteiger partial charge on any atom is 0.305 e. The van der Waals surface area contributed by atoms with Crippen LogP contribution in [0, 0.1) is 0 Å². The lowest BCUT2D eigenvalue weighted by molar-refractivity contribution is -0.140. The lowest BCUT2D eigenvalue weighted by Crippen LogP contribution is -2.36. The van der Waals surface area contributed by atoms with Gasteiger partial charge in [0.15, 0.2) is 0 Å². The summed E-state index contributed by atoms with van der Waals surface area (Å²) in [6.07, 6.45) is 1.68. The molecule has 0 fully saturated rings. The molecule has 0 spiro atoms. The Bertz CT molecular complexity index is 833. The van der Waals surface area contributed by atoms with Gasteiger partial charge in [-0.25, -0.2) is 4.84 Å². The van der Waals surface area contributed by atoms with Crippen LogP contribution in [0.5, 0.6) is 0 Å². The Hall–Kier alpha value is -2.29. The fourth-order valence-corrected chi connectivity index (χ4v) is 2.84. The van der Waals surface area contributed by atoms with Gasteiger partial charge >= 0.3 is 5.97 Å². The summed E-state index contributed by atoms with van der Waals surface area (Å²) in [5.41, 5.74) is 0.843. The van der Waals surface area contributed by atoms with Crippen LogP contribution < -0.4 is 10.2 Å². The van der Waals surface area contributed by atoms with Crippen LogP contribution in [0.1, 0.15) is 28.9 Å². The maximum absolute atomic E-state index is 12.8. The fourth-order valence-electron chi connectivity index (χ4n) is 2.27. The van der Waals surface area contributed by atoms with Crippen molar-refractivity contribution in [2.24, 2.45) is 0 Å². The Balaban J connectivity index is 2.21. The van der Waals surface area contributed by atoms with Crippen molar-refractivity contribution in [2.45, 2.75) is 18.9 Å². The van der Waals surface area contributed by atoms with E-state index >= 15 is 0 Å². The lowest BCUT2D eigenvalue weighted by atomic mass is 10.0. The predicted octanol–water partition coefficient (Wildman–Crippen LogP) is 3.08. The molecule has 1 atom stereocenters. The number of nitrogens with one attached hydrogen (secondary N) is 2. The molecule has 1 aromatic heterocycles. The second-order valence-corrected chi connectivity index (χ2v) is 6.63. The minimum Gasteiger partial charge on any atom is -0.469 e. The van der Waals surface area contributed by atoms with Gasteiger partial charge in [-0.2, -0.15) is 0 Å². The van der Waals surface area contributed by atoms with E-state index in [1.54, 1.807) is 36.4 Å². The van der Waals surface area contributed by atoms with E-state index in [2.05, 4.69) is 35.8 Å². The maximum atomic E-state index is 12.8. The normalized spacial score (nSPS) is 11.5. The van der Waals surface area contributed by atoms with Crippen molar-refractivity contribution < 1.29 is 19.1 Å². The summed E-state index contributed by atoms with van der Waals surface area (Å²) in [5, 5.41) is 2.67. The summed E-state index contributed by atoms with van der Waals surface area (Å²) in [6, 6.07) is 9.06. The van der Waals surface area contributed by atoms with E-state index in [9.17, 15) is 14.4 Å². The molecule has 0 aliphatic heterocycles. The Kier molecular flexibility index (Phi) is 7.90.